The molecule has 0 saturated heterocycles. The molecular formula is C17H20F2N2O4S. The summed E-state index contributed by atoms with van der Waals surface area (Å²) in [4.78, 5) is 12.5. The molecule has 0 bridgehead atoms. The van der Waals surface area contributed by atoms with Crippen LogP contribution < -0.4 is 20.1 Å². The van der Waals surface area contributed by atoms with Crippen LogP contribution in [0, 0.1) is 0 Å². The van der Waals surface area contributed by atoms with Crippen LogP contribution in [0.3, 0.4) is 0 Å². The minimum Gasteiger partial charge on any atom is -0.493 e. The number of nitrogens with one attached hydrogen (secondary N) is 2. The first-order chi connectivity index (χ1) is 12.2. The van der Waals surface area contributed by atoms with Gasteiger partial charge in [0.15, 0.2) is 16.6 Å². The third-order valence-corrected chi connectivity index (χ3v) is 3.79. The second-order valence-electron chi connectivity index (χ2n) is 5.81. The molecule has 9 heteroatoms. The van der Waals surface area contributed by atoms with Gasteiger partial charge in [0.25, 0.3) is 0 Å². The Morgan fingerprint density at radius 2 is 1.96 bits per heavy atom. The highest BCUT2D eigenvalue weighted by Crippen LogP contribution is 2.35. The maximum Gasteiger partial charge on any atom is 0.387 e. The van der Waals surface area contributed by atoms with Crippen molar-refractivity contribution in [3.05, 3.63) is 35.0 Å². The first kappa shape index (κ1) is 19.9. The highest BCUT2D eigenvalue weighted by Gasteiger charge is 2.32. The number of carbonyl (C=O) groups is 1. The third-order valence-electron chi connectivity index (χ3n) is 3.57. The fourth-order valence-electron chi connectivity index (χ4n) is 2.55. The predicted molar refractivity (Wildman–Crippen MR) is 95.2 cm³/mol. The minimum absolute atomic E-state index is 0.138. The van der Waals surface area contributed by atoms with E-state index in [1.54, 1.807) is 26.8 Å². The number of alkyl halides is 2. The quantitative estimate of drug-likeness (QED) is 0.575. The molecule has 0 unspecified atom stereocenters. The lowest BCUT2D eigenvalue weighted by Crippen LogP contribution is -2.45. The maximum atomic E-state index is 12.7. The van der Waals surface area contributed by atoms with E-state index in [0.29, 0.717) is 21.9 Å². The molecule has 0 saturated carbocycles. The largest absolute Gasteiger partial charge is 0.493 e. The van der Waals surface area contributed by atoms with Gasteiger partial charge in [-0.2, -0.15) is 8.78 Å². The average Bonchev–Trinajstić information content (AvgIpc) is 2.52. The zero-order chi connectivity index (χ0) is 19.4. The molecule has 0 aromatic heterocycles. The summed E-state index contributed by atoms with van der Waals surface area (Å²) in [6, 6.07) is 3.83. The van der Waals surface area contributed by atoms with E-state index in [4.69, 9.17) is 21.7 Å². The summed E-state index contributed by atoms with van der Waals surface area (Å²) < 4.78 is 40.2. The number of ether oxygens (including phenoxy) is 3. The normalized spacial score (nSPS) is 17.1. The number of allylic oxidation sites excluding steroid dienone is 1. The summed E-state index contributed by atoms with van der Waals surface area (Å²) in [6.07, 6.45) is -0.314. The van der Waals surface area contributed by atoms with Crippen molar-refractivity contribution in [3.63, 3.8) is 0 Å². The molecule has 0 spiro atoms. The Hall–Kier alpha value is -2.42. The van der Waals surface area contributed by atoms with E-state index in [2.05, 4.69) is 15.4 Å². The van der Waals surface area contributed by atoms with Gasteiger partial charge >= 0.3 is 12.6 Å². The monoisotopic (exact) mass is 386 g/mol. The van der Waals surface area contributed by atoms with Crippen LogP contribution in [-0.2, 0) is 9.53 Å². The van der Waals surface area contributed by atoms with Crippen LogP contribution >= 0.6 is 12.2 Å². The molecule has 1 atom stereocenters. The van der Waals surface area contributed by atoms with Crippen LogP contribution in [0.1, 0.15) is 32.4 Å². The number of thiocarbonyl (C=S) groups is 1. The molecular weight excluding hydrogens is 366 g/mol. The number of halogens is 2. The van der Waals surface area contributed by atoms with Crippen molar-refractivity contribution in [2.24, 2.45) is 0 Å². The fourth-order valence-corrected chi connectivity index (χ4v) is 2.82. The number of carbonyl (C=O) groups excluding carboxylic acids is 1. The standard InChI is InChI=1S/C17H20F2N2O4S/c1-8(2)24-15(22)13-9(3)20-17(26)21-14(13)10-5-6-11(23-4)12(7-10)25-16(18)19/h5-8,14,16H,1-4H3,(H2,20,21,26)/t14-/m0/s1. The molecule has 0 amide bonds. The van der Waals surface area contributed by atoms with Gasteiger partial charge in [0, 0.05) is 5.70 Å². The molecule has 1 aromatic carbocycles. The van der Waals surface area contributed by atoms with Gasteiger partial charge < -0.3 is 24.8 Å². The zero-order valence-corrected chi connectivity index (χ0v) is 15.6. The topological polar surface area (TPSA) is 68.8 Å². The minimum atomic E-state index is -3.01. The van der Waals surface area contributed by atoms with E-state index < -0.39 is 18.6 Å². The van der Waals surface area contributed by atoms with Crippen molar-refractivity contribution >= 4 is 23.3 Å². The number of hydrogen-bond donors (Lipinski definition) is 2. The molecule has 2 N–H and O–H groups in total. The Bertz CT molecular complexity index is 737. The highest BCUT2D eigenvalue weighted by molar-refractivity contribution is 7.80. The summed E-state index contributed by atoms with van der Waals surface area (Å²) >= 11 is 5.15. The van der Waals surface area contributed by atoms with Crippen molar-refractivity contribution in [2.75, 3.05) is 7.11 Å². The Labute approximate surface area is 155 Å². The summed E-state index contributed by atoms with van der Waals surface area (Å²) in [7, 11) is 1.35. The Kier molecular flexibility index (Phi) is 6.36. The van der Waals surface area contributed by atoms with Gasteiger partial charge in [-0.15, -0.1) is 0 Å². The van der Waals surface area contributed by atoms with Crippen LogP contribution in [0.25, 0.3) is 0 Å². The lowest BCUT2D eigenvalue weighted by molar-refractivity contribution is -0.143. The molecule has 26 heavy (non-hydrogen) atoms. The van der Waals surface area contributed by atoms with E-state index in [1.807, 2.05) is 0 Å². The smallest absolute Gasteiger partial charge is 0.387 e. The molecule has 6 nitrogen and oxygen atoms in total. The Morgan fingerprint density at radius 3 is 2.54 bits per heavy atom. The van der Waals surface area contributed by atoms with Gasteiger partial charge in [0.05, 0.1) is 24.8 Å². The first-order valence-electron chi connectivity index (χ1n) is 7.85. The number of hydrogen-bond acceptors (Lipinski definition) is 5. The average molecular weight is 386 g/mol. The maximum absolute atomic E-state index is 12.7. The van der Waals surface area contributed by atoms with Crippen LogP contribution in [0.2, 0.25) is 0 Å². The van der Waals surface area contributed by atoms with Crippen molar-refractivity contribution in [2.45, 2.75) is 39.5 Å². The van der Waals surface area contributed by atoms with Gasteiger partial charge in [0.2, 0.25) is 0 Å². The molecule has 1 aliphatic rings. The number of rotatable bonds is 6. The van der Waals surface area contributed by atoms with Crippen LogP contribution in [0.4, 0.5) is 8.78 Å². The van der Waals surface area contributed by atoms with E-state index >= 15 is 0 Å². The lowest BCUT2D eigenvalue weighted by atomic mass is 9.95. The van der Waals surface area contributed by atoms with Crippen LogP contribution in [-0.4, -0.2) is 30.9 Å². The molecule has 0 aliphatic carbocycles. The molecule has 1 aliphatic heterocycles. The van der Waals surface area contributed by atoms with Crippen LogP contribution in [0.5, 0.6) is 11.5 Å². The molecule has 2 rings (SSSR count). The highest BCUT2D eigenvalue weighted by atomic mass is 32.1. The number of esters is 1. The fraction of sp³-hybridized carbons (Fsp3) is 0.412. The van der Waals surface area contributed by atoms with E-state index in [1.165, 1.54) is 19.2 Å². The zero-order valence-electron chi connectivity index (χ0n) is 14.8. The van der Waals surface area contributed by atoms with Crippen molar-refractivity contribution in [1.29, 1.82) is 0 Å². The SMILES string of the molecule is COc1ccc([C@@H]2NC(=S)NC(C)=C2C(=O)OC(C)C)cc1OC(F)F. The van der Waals surface area contributed by atoms with E-state index in [9.17, 15) is 13.6 Å². The van der Waals surface area contributed by atoms with Crippen molar-refractivity contribution < 1.29 is 27.8 Å². The van der Waals surface area contributed by atoms with Gasteiger partial charge in [0.1, 0.15) is 0 Å². The summed E-state index contributed by atoms with van der Waals surface area (Å²) in [5.41, 5.74) is 1.33. The first-order valence-corrected chi connectivity index (χ1v) is 8.25. The van der Waals surface area contributed by atoms with Gasteiger partial charge in [-0.25, -0.2) is 4.79 Å². The Balaban J connectivity index is 2.47. The molecule has 0 radical (unpaired) electrons. The second-order valence-corrected chi connectivity index (χ2v) is 6.22. The number of benzene rings is 1. The molecule has 0 fully saturated rings. The van der Waals surface area contributed by atoms with Crippen LogP contribution in [0.15, 0.2) is 29.5 Å². The summed E-state index contributed by atoms with van der Waals surface area (Å²) in [6.45, 7) is 2.15. The van der Waals surface area contributed by atoms with Gasteiger partial charge in [-0.1, -0.05) is 6.07 Å². The molecule has 1 heterocycles. The third kappa shape index (κ3) is 4.60. The van der Waals surface area contributed by atoms with E-state index in [0.717, 1.165) is 0 Å². The van der Waals surface area contributed by atoms with Crippen molar-refractivity contribution in [3.8, 4) is 11.5 Å². The van der Waals surface area contributed by atoms with Gasteiger partial charge in [-0.05, 0) is 50.7 Å². The Morgan fingerprint density at radius 1 is 1.27 bits per heavy atom. The molecule has 142 valence electrons. The summed E-state index contributed by atoms with van der Waals surface area (Å²) in [5, 5.41) is 6.15. The van der Waals surface area contributed by atoms with Crippen molar-refractivity contribution in [1.82, 2.24) is 10.6 Å². The van der Waals surface area contributed by atoms with E-state index in [-0.39, 0.29) is 17.6 Å². The summed E-state index contributed by atoms with van der Waals surface area (Å²) in [5.74, 6) is -0.518. The predicted octanol–water partition coefficient (Wildman–Crippen LogP) is 3.04. The van der Waals surface area contributed by atoms with Gasteiger partial charge in [-0.3, -0.25) is 0 Å². The molecule has 1 aromatic rings. The number of methoxy groups -OCH3 is 1. The second kappa shape index (κ2) is 8.31. The lowest BCUT2D eigenvalue weighted by Gasteiger charge is -2.30.